The number of aromatic hydroxyl groups is 1. The normalized spacial score (nSPS) is 23.5. The number of carbonyl (C=O) groups is 1. The van der Waals surface area contributed by atoms with E-state index >= 15 is 0 Å². The zero-order chi connectivity index (χ0) is 44.4. The number of nitrogens with one attached hydrogen (secondary N) is 2. The SMILES string of the molecule is CCCCC[C@H](O)C=CC1=C(C[C@H](O)CO)[C@H](CCC[C@H]2N[C@@H](C)CCC[C@@H]2CC(=O)O)N[C@@H]([C@@](C)(O)Cc2ccc(O)cc2CCO)CC#Cc2c(CC)cccc2CC1. The lowest BCUT2D eigenvalue weighted by Crippen LogP contribution is -2.54. The lowest BCUT2D eigenvalue weighted by atomic mass is 9.81. The number of aryl methyl sites for hydroxylation is 2. The zero-order valence-electron chi connectivity index (χ0n) is 37.3. The second kappa shape index (κ2) is 25.5. The fraction of sp³-hybridized carbons (Fsp3) is 0.627. The predicted molar refractivity (Wildman–Crippen MR) is 243 cm³/mol. The molecule has 2 aliphatic heterocycles. The highest BCUT2D eigenvalue weighted by atomic mass is 16.4. The Morgan fingerprint density at radius 2 is 1.80 bits per heavy atom. The van der Waals surface area contributed by atoms with Gasteiger partial charge in [0.1, 0.15) is 5.75 Å². The molecule has 0 aliphatic carbocycles. The highest BCUT2D eigenvalue weighted by Crippen LogP contribution is 2.32. The number of fused-ring (bicyclic) bond motifs is 1. The monoisotopic (exact) mass is 845 g/mol. The lowest BCUT2D eigenvalue weighted by Gasteiger charge is -2.38. The molecule has 0 spiro atoms. The van der Waals surface area contributed by atoms with Crippen molar-refractivity contribution in [3.05, 3.63) is 87.5 Å². The summed E-state index contributed by atoms with van der Waals surface area (Å²) in [6.07, 6.45) is 13.8. The van der Waals surface area contributed by atoms with Crippen molar-refractivity contribution in [2.24, 2.45) is 5.92 Å². The van der Waals surface area contributed by atoms with E-state index in [2.05, 4.69) is 61.4 Å². The summed E-state index contributed by atoms with van der Waals surface area (Å²) in [5.74, 6) is 6.27. The summed E-state index contributed by atoms with van der Waals surface area (Å²) in [6.45, 7) is 7.66. The van der Waals surface area contributed by atoms with Crippen molar-refractivity contribution in [2.75, 3.05) is 13.2 Å². The quantitative estimate of drug-likeness (QED) is 0.0478. The maximum absolute atomic E-state index is 12.7. The summed E-state index contributed by atoms with van der Waals surface area (Å²) >= 11 is 0. The maximum Gasteiger partial charge on any atom is 0.303 e. The highest BCUT2D eigenvalue weighted by Gasteiger charge is 2.36. The Morgan fingerprint density at radius 3 is 2.52 bits per heavy atom. The topological polar surface area (TPSA) is 183 Å². The number of aliphatic carboxylic acids is 1. The van der Waals surface area contributed by atoms with Crippen molar-refractivity contribution < 1.29 is 40.5 Å². The minimum atomic E-state index is -1.39. The van der Waals surface area contributed by atoms with E-state index in [0.29, 0.717) is 32.1 Å². The van der Waals surface area contributed by atoms with Crippen LogP contribution in [0.2, 0.25) is 0 Å². The number of rotatable bonds is 21. The molecule has 2 aromatic carbocycles. The number of hydrogen-bond donors (Lipinski definition) is 9. The van der Waals surface area contributed by atoms with Crippen molar-refractivity contribution in [2.45, 2.75) is 185 Å². The number of unbranched alkanes of at least 4 members (excludes halogenated alkanes) is 2. The van der Waals surface area contributed by atoms with E-state index in [0.717, 1.165) is 96.8 Å². The van der Waals surface area contributed by atoms with Gasteiger partial charge in [-0.25, -0.2) is 0 Å². The number of aliphatic hydroxyl groups is 5. The number of phenols is 1. The van der Waals surface area contributed by atoms with Gasteiger partial charge in [-0.05, 0) is 130 Å². The highest BCUT2D eigenvalue weighted by molar-refractivity contribution is 5.67. The molecular formula is C51H76N2O8. The second-order valence-corrected chi connectivity index (χ2v) is 18.0. The molecule has 0 bridgehead atoms. The largest absolute Gasteiger partial charge is 0.508 e. The molecule has 10 heteroatoms. The van der Waals surface area contributed by atoms with E-state index in [1.807, 2.05) is 12.2 Å². The number of phenolic OH excluding ortho intramolecular Hbond substituents is 1. The zero-order valence-corrected chi connectivity index (χ0v) is 37.3. The van der Waals surface area contributed by atoms with E-state index in [9.17, 15) is 40.5 Å². The van der Waals surface area contributed by atoms with Gasteiger partial charge in [-0.1, -0.05) is 94.2 Å². The van der Waals surface area contributed by atoms with Crippen molar-refractivity contribution in [1.82, 2.24) is 10.6 Å². The molecule has 1 saturated heterocycles. The van der Waals surface area contributed by atoms with Crippen LogP contribution in [0.4, 0.5) is 0 Å². The van der Waals surface area contributed by atoms with Gasteiger partial charge < -0.3 is 46.4 Å². The molecule has 0 aromatic heterocycles. The third kappa shape index (κ3) is 16.0. The van der Waals surface area contributed by atoms with Gasteiger partial charge in [0.2, 0.25) is 0 Å². The first-order chi connectivity index (χ1) is 29.3. The molecule has 2 aliphatic rings. The molecule has 2 heterocycles. The lowest BCUT2D eigenvalue weighted by molar-refractivity contribution is -0.138. The minimum Gasteiger partial charge on any atom is -0.508 e. The Balaban J connectivity index is 1.88. The summed E-state index contributed by atoms with van der Waals surface area (Å²) in [7, 11) is 0. The van der Waals surface area contributed by atoms with E-state index in [4.69, 9.17) is 0 Å². The average Bonchev–Trinajstić information content (AvgIpc) is 3.39. The Morgan fingerprint density at radius 1 is 1.00 bits per heavy atom. The first-order valence-corrected chi connectivity index (χ1v) is 23.1. The van der Waals surface area contributed by atoms with Gasteiger partial charge in [0, 0.05) is 55.6 Å². The van der Waals surface area contributed by atoms with Gasteiger partial charge >= 0.3 is 5.97 Å². The van der Waals surface area contributed by atoms with Crippen LogP contribution in [0.1, 0.15) is 145 Å². The molecule has 61 heavy (non-hydrogen) atoms. The molecule has 9 N–H and O–H groups in total. The number of aliphatic hydroxyl groups excluding tert-OH is 4. The Labute approximate surface area is 365 Å². The Hall–Kier alpha value is -3.53. The van der Waals surface area contributed by atoms with Crippen LogP contribution in [0, 0.1) is 17.8 Å². The van der Waals surface area contributed by atoms with Crippen LogP contribution >= 0.6 is 0 Å². The van der Waals surface area contributed by atoms with Crippen LogP contribution in [-0.2, 0) is 30.5 Å². The standard InChI is InChI=1S/C51H76N2O8/c1-5-7-8-17-42(56)26-24-38-23-22-37-15-10-14-36(6-2)45(37)18-11-21-49(51(4,61)33-41-25-27-43(57)30-39(41)28-29-54)53-48(46(38)32-44(58)34-55)20-12-19-47-40(31-50(59)60)16-9-13-35(3)52-47/h10,14-15,24-27,30,35,40,42,44,47-49,52-58,61H,5-9,12-13,16-17,19-23,28-29,31-34H2,1-4H3,(H,59,60)/t35-,40+,42-,44-,47+,48-,49+,51-/m0/s1. The Bertz CT molecular complexity index is 1790. The van der Waals surface area contributed by atoms with Gasteiger partial charge in [-0.3, -0.25) is 4.79 Å². The smallest absolute Gasteiger partial charge is 0.303 e. The van der Waals surface area contributed by atoms with E-state index in [1.165, 1.54) is 0 Å². The second-order valence-electron chi connectivity index (χ2n) is 18.0. The van der Waals surface area contributed by atoms with Gasteiger partial charge in [0.05, 0.1) is 24.4 Å². The van der Waals surface area contributed by atoms with Crippen LogP contribution in [0.15, 0.2) is 59.7 Å². The summed E-state index contributed by atoms with van der Waals surface area (Å²) in [4.78, 5) is 12.0. The molecule has 0 radical (unpaired) electrons. The van der Waals surface area contributed by atoms with Gasteiger partial charge in [-0.15, -0.1) is 0 Å². The fourth-order valence-electron chi connectivity index (χ4n) is 9.43. The average molecular weight is 845 g/mol. The van der Waals surface area contributed by atoms with Crippen LogP contribution in [0.3, 0.4) is 0 Å². The van der Waals surface area contributed by atoms with Crippen LogP contribution in [0.5, 0.6) is 5.75 Å². The maximum atomic E-state index is 12.7. The molecule has 4 rings (SSSR count). The molecule has 8 atom stereocenters. The first kappa shape index (κ1) is 50.1. The fourth-order valence-corrected chi connectivity index (χ4v) is 9.43. The summed E-state index contributed by atoms with van der Waals surface area (Å²) in [5.41, 5.74) is 5.24. The number of carboxylic acids is 1. The number of benzene rings is 2. The molecule has 10 nitrogen and oxygen atoms in total. The summed E-state index contributed by atoms with van der Waals surface area (Å²) in [6, 6.07) is 10.6. The third-order valence-electron chi connectivity index (χ3n) is 12.9. The predicted octanol–water partition coefficient (Wildman–Crippen LogP) is 6.83. The number of hydrogen-bond acceptors (Lipinski definition) is 9. The van der Waals surface area contributed by atoms with Gasteiger partial charge in [-0.2, -0.15) is 0 Å². The van der Waals surface area contributed by atoms with E-state index < -0.39 is 42.5 Å². The van der Waals surface area contributed by atoms with Crippen LogP contribution in [0.25, 0.3) is 0 Å². The van der Waals surface area contributed by atoms with Crippen molar-refractivity contribution in [3.8, 4) is 17.6 Å². The van der Waals surface area contributed by atoms with Crippen molar-refractivity contribution in [1.29, 1.82) is 0 Å². The Kier molecular flexibility index (Phi) is 21.0. The molecule has 1 fully saturated rings. The molecule has 338 valence electrons. The third-order valence-corrected chi connectivity index (χ3v) is 12.9. The molecule has 0 saturated carbocycles. The first-order valence-electron chi connectivity index (χ1n) is 23.1. The van der Waals surface area contributed by atoms with Gasteiger partial charge in [0.15, 0.2) is 0 Å². The van der Waals surface area contributed by atoms with Crippen molar-refractivity contribution in [3.63, 3.8) is 0 Å². The molecular weight excluding hydrogens is 769 g/mol. The van der Waals surface area contributed by atoms with Gasteiger partial charge in [0.25, 0.3) is 0 Å². The minimum absolute atomic E-state index is 0.000827. The summed E-state index contributed by atoms with van der Waals surface area (Å²) < 4.78 is 0. The van der Waals surface area contributed by atoms with Crippen LogP contribution < -0.4 is 10.6 Å². The number of carboxylic acid groups (broad SMARTS) is 1. The van der Waals surface area contributed by atoms with E-state index in [-0.39, 0.29) is 56.0 Å². The number of allylic oxidation sites excluding steroid dienone is 2. The van der Waals surface area contributed by atoms with Crippen molar-refractivity contribution >= 4 is 5.97 Å². The molecule has 0 unspecified atom stereocenters. The van der Waals surface area contributed by atoms with Crippen LogP contribution in [-0.4, -0.2) is 96.9 Å². The molecule has 0 amide bonds. The molecule has 2 aromatic rings. The van der Waals surface area contributed by atoms with E-state index in [1.54, 1.807) is 25.1 Å². The summed E-state index contributed by atoms with van der Waals surface area (Å²) in [5, 5.41) is 83.0.